The molecule has 4 rings (SSSR count). The van der Waals surface area contributed by atoms with E-state index in [1.54, 1.807) is 23.1 Å². The highest BCUT2D eigenvalue weighted by Crippen LogP contribution is 2.31. The SMILES string of the molecule is Brc1ccc(-c2nnc(CSc3nc4ccccc4[nH]3)o2)s1. The van der Waals surface area contributed by atoms with Crippen LogP contribution in [0.4, 0.5) is 0 Å². The summed E-state index contributed by atoms with van der Waals surface area (Å²) >= 11 is 6.54. The first kappa shape index (κ1) is 14.0. The maximum absolute atomic E-state index is 5.68. The van der Waals surface area contributed by atoms with Crippen molar-refractivity contribution >= 4 is 50.1 Å². The Kier molecular flexibility index (Phi) is 3.73. The lowest BCUT2D eigenvalue weighted by molar-refractivity contribution is 0.529. The molecule has 8 heteroatoms. The van der Waals surface area contributed by atoms with Gasteiger partial charge in [-0.15, -0.1) is 21.5 Å². The molecule has 0 amide bonds. The molecule has 0 saturated heterocycles. The highest BCUT2D eigenvalue weighted by Gasteiger charge is 2.12. The Morgan fingerprint density at radius 2 is 2.09 bits per heavy atom. The van der Waals surface area contributed by atoms with Crippen molar-refractivity contribution in [2.45, 2.75) is 10.9 Å². The third kappa shape index (κ3) is 2.81. The summed E-state index contributed by atoms with van der Waals surface area (Å²) in [4.78, 5) is 8.73. The molecular formula is C14H9BrN4OS2. The van der Waals surface area contributed by atoms with Gasteiger partial charge >= 0.3 is 0 Å². The lowest BCUT2D eigenvalue weighted by Gasteiger charge is -1.91. The molecule has 0 saturated carbocycles. The third-order valence-electron chi connectivity index (χ3n) is 2.95. The fourth-order valence-corrected chi connectivity index (χ4v) is 4.00. The van der Waals surface area contributed by atoms with E-state index in [1.807, 2.05) is 36.4 Å². The molecule has 0 aliphatic rings. The minimum atomic E-state index is 0.552. The second kappa shape index (κ2) is 5.86. The van der Waals surface area contributed by atoms with Crippen LogP contribution in [-0.4, -0.2) is 20.2 Å². The number of aromatic nitrogens is 4. The number of para-hydroxylation sites is 2. The van der Waals surface area contributed by atoms with Crippen LogP contribution in [0.2, 0.25) is 0 Å². The van der Waals surface area contributed by atoms with Gasteiger partial charge in [-0.25, -0.2) is 4.98 Å². The Labute approximate surface area is 142 Å². The van der Waals surface area contributed by atoms with Crippen molar-refractivity contribution in [3.8, 4) is 10.8 Å². The number of imidazole rings is 1. The lowest BCUT2D eigenvalue weighted by atomic mass is 10.3. The van der Waals surface area contributed by atoms with E-state index in [-0.39, 0.29) is 0 Å². The number of nitrogens with zero attached hydrogens (tertiary/aromatic N) is 3. The monoisotopic (exact) mass is 392 g/mol. The molecule has 3 heterocycles. The summed E-state index contributed by atoms with van der Waals surface area (Å²) in [6.45, 7) is 0. The number of fused-ring (bicyclic) bond motifs is 1. The van der Waals surface area contributed by atoms with E-state index in [9.17, 15) is 0 Å². The number of hydrogen-bond donors (Lipinski definition) is 1. The predicted octanol–water partition coefficient (Wildman–Crippen LogP) is 4.73. The second-order valence-electron chi connectivity index (χ2n) is 4.45. The van der Waals surface area contributed by atoms with Gasteiger partial charge in [0, 0.05) is 0 Å². The van der Waals surface area contributed by atoms with Gasteiger partial charge in [0.15, 0.2) is 5.16 Å². The Bertz CT molecular complexity index is 897. The zero-order valence-corrected chi connectivity index (χ0v) is 14.3. The van der Waals surface area contributed by atoms with Crippen molar-refractivity contribution < 1.29 is 4.42 Å². The van der Waals surface area contributed by atoms with Gasteiger partial charge in [0.05, 0.1) is 25.4 Å². The molecule has 0 bridgehead atoms. The molecule has 5 nitrogen and oxygen atoms in total. The molecule has 4 aromatic rings. The molecular weight excluding hydrogens is 384 g/mol. The van der Waals surface area contributed by atoms with E-state index >= 15 is 0 Å². The van der Waals surface area contributed by atoms with Gasteiger partial charge in [0.2, 0.25) is 5.89 Å². The molecule has 1 N–H and O–H groups in total. The van der Waals surface area contributed by atoms with E-state index in [0.29, 0.717) is 17.5 Å². The maximum atomic E-state index is 5.68. The van der Waals surface area contributed by atoms with Gasteiger partial charge in [-0.3, -0.25) is 0 Å². The van der Waals surface area contributed by atoms with Gasteiger partial charge in [0.1, 0.15) is 0 Å². The molecule has 0 atom stereocenters. The summed E-state index contributed by atoms with van der Waals surface area (Å²) in [5.41, 5.74) is 1.99. The molecule has 0 unspecified atom stereocenters. The van der Waals surface area contributed by atoms with E-state index in [2.05, 4.69) is 36.1 Å². The molecule has 110 valence electrons. The number of thioether (sulfide) groups is 1. The number of halogens is 1. The average molecular weight is 393 g/mol. The van der Waals surface area contributed by atoms with Gasteiger partial charge in [0.25, 0.3) is 5.89 Å². The summed E-state index contributed by atoms with van der Waals surface area (Å²) < 4.78 is 6.72. The normalized spacial score (nSPS) is 11.3. The maximum Gasteiger partial charge on any atom is 0.257 e. The third-order valence-corrected chi connectivity index (χ3v) is 5.42. The Morgan fingerprint density at radius 1 is 1.18 bits per heavy atom. The van der Waals surface area contributed by atoms with Crippen molar-refractivity contribution in [2.75, 3.05) is 0 Å². The zero-order chi connectivity index (χ0) is 14.9. The number of nitrogens with one attached hydrogen (secondary N) is 1. The fourth-order valence-electron chi connectivity index (χ4n) is 1.97. The van der Waals surface area contributed by atoms with Gasteiger partial charge in [-0.2, -0.15) is 0 Å². The van der Waals surface area contributed by atoms with Gasteiger partial charge < -0.3 is 9.40 Å². The summed E-state index contributed by atoms with van der Waals surface area (Å²) in [6, 6.07) is 11.9. The van der Waals surface area contributed by atoms with E-state index in [4.69, 9.17) is 4.42 Å². The first-order valence-corrected chi connectivity index (χ1v) is 9.03. The van der Waals surface area contributed by atoms with Crippen LogP contribution in [0.5, 0.6) is 0 Å². The molecule has 0 spiro atoms. The number of rotatable bonds is 4. The topological polar surface area (TPSA) is 67.6 Å². The highest BCUT2D eigenvalue weighted by molar-refractivity contribution is 9.11. The van der Waals surface area contributed by atoms with E-state index < -0.39 is 0 Å². The minimum Gasteiger partial charge on any atom is -0.419 e. The first-order valence-electron chi connectivity index (χ1n) is 6.43. The Balaban J connectivity index is 1.48. The fraction of sp³-hybridized carbons (Fsp3) is 0.0714. The van der Waals surface area contributed by atoms with Crippen LogP contribution in [0.15, 0.2) is 49.8 Å². The molecule has 0 radical (unpaired) electrons. The van der Waals surface area contributed by atoms with Gasteiger partial charge in [-0.05, 0) is 40.2 Å². The lowest BCUT2D eigenvalue weighted by Crippen LogP contribution is -1.81. The standard InChI is InChI=1S/C14H9BrN4OS2/c15-11-6-5-10(22-11)13-19-18-12(20-13)7-21-14-16-8-3-1-2-4-9(8)17-14/h1-6H,7H2,(H,16,17). The Hall–Kier alpha value is -1.64. The predicted molar refractivity (Wildman–Crippen MR) is 91.0 cm³/mol. The number of aromatic amines is 1. The highest BCUT2D eigenvalue weighted by atomic mass is 79.9. The molecule has 1 aromatic carbocycles. The number of H-pyrrole nitrogens is 1. The molecule has 0 aliphatic heterocycles. The van der Waals surface area contributed by atoms with Crippen LogP contribution >= 0.6 is 39.0 Å². The van der Waals surface area contributed by atoms with Crippen LogP contribution in [0.1, 0.15) is 5.89 Å². The van der Waals surface area contributed by atoms with Crippen molar-refractivity contribution in [3.63, 3.8) is 0 Å². The minimum absolute atomic E-state index is 0.552. The van der Waals surface area contributed by atoms with Crippen LogP contribution in [0, 0.1) is 0 Å². The zero-order valence-electron chi connectivity index (χ0n) is 11.1. The number of hydrogen-bond acceptors (Lipinski definition) is 6. The molecule has 22 heavy (non-hydrogen) atoms. The van der Waals surface area contributed by atoms with Crippen molar-refractivity contribution in [3.05, 3.63) is 46.1 Å². The van der Waals surface area contributed by atoms with Gasteiger partial charge in [-0.1, -0.05) is 23.9 Å². The quantitative estimate of drug-likeness (QED) is 0.508. The van der Waals surface area contributed by atoms with Crippen molar-refractivity contribution in [1.29, 1.82) is 0 Å². The smallest absolute Gasteiger partial charge is 0.257 e. The molecule has 0 aliphatic carbocycles. The van der Waals surface area contributed by atoms with E-state index in [0.717, 1.165) is 24.9 Å². The summed E-state index contributed by atoms with van der Waals surface area (Å²) in [5.74, 6) is 1.72. The van der Waals surface area contributed by atoms with Crippen molar-refractivity contribution in [1.82, 2.24) is 20.2 Å². The Morgan fingerprint density at radius 3 is 2.91 bits per heavy atom. The molecule has 3 aromatic heterocycles. The number of thiophene rings is 1. The average Bonchev–Trinajstić information content (AvgIpc) is 3.23. The van der Waals surface area contributed by atoms with Crippen molar-refractivity contribution in [2.24, 2.45) is 0 Å². The summed E-state index contributed by atoms with van der Waals surface area (Å²) in [5, 5.41) is 9.01. The second-order valence-corrected chi connectivity index (χ2v) is 7.88. The van der Waals surface area contributed by atoms with Crippen LogP contribution in [0.3, 0.4) is 0 Å². The van der Waals surface area contributed by atoms with Crippen LogP contribution in [-0.2, 0) is 5.75 Å². The van der Waals surface area contributed by atoms with Crippen LogP contribution < -0.4 is 0 Å². The largest absolute Gasteiger partial charge is 0.419 e. The number of benzene rings is 1. The first-order chi connectivity index (χ1) is 10.8. The summed E-state index contributed by atoms with van der Waals surface area (Å²) in [7, 11) is 0. The molecule has 0 fully saturated rings. The summed E-state index contributed by atoms with van der Waals surface area (Å²) in [6.07, 6.45) is 0. The van der Waals surface area contributed by atoms with E-state index in [1.165, 1.54) is 0 Å². The van der Waals surface area contributed by atoms with Crippen LogP contribution in [0.25, 0.3) is 21.8 Å².